The van der Waals surface area contributed by atoms with E-state index < -0.39 is 6.09 Å². The number of amides is 1. The van der Waals surface area contributed by atoms with Gasteiger partial charge in [-0.1, -0.05) is 13.8 Å². The first-order valence-corrected chi connectivity index (χ1v) is 6.59. The molecule has 98 valence electrons. The van der Waals surface area contributed by atoms with E-state index in [1.807, 2.05) is 0 Å². The summed E-state index contributed by atoms with van der Waals surface area (Å²) in [7, 11) is 0. The van der Waals surface area contributed by atoms with Crippen LogP contribution in [0, 0.1) is 5.92 Å². The fraction of sp³-hybridized carbons (Fsp3) is 0.500. The summed E-state index contributed by atoms with van der Waals surface area (Å²) in [6.07, 6.45) is 1.39. The van der Waals surface area contributed by atoms with Gasteiger partial charge in [-0.05, 0) is 34.3 Å². The summed E-state index contributed by atoms with van der Waals surface area (Å²) in [5.74, 6) is 0.780. The zero-order chi connectivity index (χ0) is 13.3. The van der Waals surface area contributed by atoms with Gasteiger partial charge < -0.3 is 9.84 Å². The molecular weight excluding hydrogens is 300 g/mol. The van der Waals surface area contributed by atoms with Crippen LogP contribution in [0.4, 0.5) is 10.5 Å². The minimum absolute atomic E-state index is 0.161. The predicted octanol–water partition coefficient (Wildman–Crippen LogP) is 3.14. The maximum absolute atomic E-state index is 11.4. The van der Waals surface area contributed by atoms with Crippen molar-refractivity contribution in [2.24, 2.45) is 5.92 Å². The fourth-order valence-corrected chi connectivity index (χ4v) is 2.44. The van der Waals surface area contributed by atoms with Crippen molar-refractivity contribution in [3.05, 3.63) is 16.7 Å². The minimum Gasteiger partial charge on any atom is -0.474 e. The summed E-state index contributed by atoms with van der Waals surface area (Å²) in [5, 5.41) is 9.39. The number of hydrogen-bond donors (Lipinski definition) is 1. The summed E-state index contributed by atoms with van der Waals surface area (Å²) in [5.41, 5.74) is 0.508. The molecule has 0 radical (unpaired) electrons. The Balaban J connectivity index is 2.38. The molecular formula is C12H15BrN2O3. The Hall–Kier alpha value is -1.30. The molecule has 0 saturated carbocycles. The monoisotopic (exact) mass is 314 g/mol. The second-order valence-corrected chi connectivity index (χ2v) is 5.64. The molecule has 0 fully saturated rings. The van der Waals surface area contributed by atoms with Crippen molar-refractivity contribution >= 4 is 27.7 Å². The standard InChI is InChI=1S/C12H15BrN2O3/c1-7(2)3-9-6-18-11-10(15(9)12(16)17)4-8(13)5-14-11/h4-5,7,9H,3,6H2,1-2H3,(H,16,17)/t9-/m0/s1. The van der Waals surface area contributed by atoms with Crippen LogP contribution in [0.25, 0.3) is 0 Å². The van der Waals surface area contributed by atoms with Gasteiger partial charge in [-0.3, -0.25) is 4.90 Å². The molecule has 2 rings (SSSR count). The molecule has 2 heterocycles. The lowest BCUT2D eigenvalue weighted by molar-refractivity contribution is 0.182. The third-order valence-electron chi connectivity index (χ3n) is 2.79. The van der Waals surface area contributed by atoms with Gasteiger partial charge in [-0.2, -0.15) is 0 Å². The van der Waals surface area contributed by atoms with E-state index in [0.717, 1.165) is 10.9 Å². The predicted molar refractivity (Wildman–Crippen MR) is 71.2 cm³/mol. The molecule has 18 heavy (non-hydrogen) atoms. The summed E-state index contributed by atoms with van der Waals surface area (Å²) in [4.78, 5) is 16.9. The lowest BCUT2D eigenvalue weighted by atomic mass is 10.0. The van der Waals surface area contributed by atoms with Gasteiger partial charge in [0.25, 0.3) is 0 Å². The SMILES string of the molecule is CC(C)C[C@H]1COc2ncc(Br)cc2N1C(=O)O. The Morgan fingerprint density at radius 3 is 3.06 bits per heavy atom. The molecule has 0 saturated heterocycles. The Labute approximate surface area is 114 Å². The quantitative estimate of drug-likeness (QED) is 0.911. The lowest BCUT2D eigenvalue weighted by Gasteiger charge is -2.35. The zero-order valence-electron chi connectivity index (χ0n) is 10.3. The van der Waals surface area contributed by atoms with Crippen molar-refractivity contribution in [2.45, 2.75) is 26.3 Å². The van der Waals surface area contributed by atoms with Gasteiger partial charge >= 0.3 is 6.09 Å². The highest BCUT2D eigenvalue weighted by atomic mass is 79.9. The Kier molecular flexibility index (Phi) is 3.75. The van der Waals surface area contributed by atoms with Gasteiger partial charge in [0.1, 0.15) is 12.3 Å². The van der Waals surface area contributed by atoms with Crippen LogP contribution in [0.1, 0.15) is 20.3 Å². The van der Waals surface area contributed by atoms with Crippen LogP contribution in [0.3, 0.4) is 0 Å². The second kappa shape index (κ2) is 5.14. The maximum Gasteiger partial charge on any atom is 0.412 e. The molecule has 0 unspecified atom stereocenters. The van der Waals surface area contributed by atoms with Gasteiger partial charge in [0.05, 0.1) is 6.04 Å². The van der Waals surface area contributed by atoms with E-state index in [-0.39, 0.29) is 6.04 Å². The molecule has 1 aliphatic rings. The first kappa shape index (κ1) is 13.1. The van der Waals surface area contributed by atoms with Crippen molar-refractivity contribution in [3.8, 4) is 5.88 Å². The topological polar surface area (TPSA) is 62.7 Å². The Bertz CT molecular complexity index is 465. The number of rotatable bonds is 2. The molecule has 1 amide bonds. The van der Waals surface area contributed by atoms with Crippen molar-refractivity contribution in [2.75, 3.05) is 11.5 Å². The minimum atomic E-state index is -0.967. The largest absolute Gasteiger partial charge is 0.474 e. The number of carboxylic acid groups (broad SMARTS) is 1. The molecule has 1 N–H and O–H groups in total. The highest BCUT2D eigenvalue weighted by molar-refractivity contribution is 9.10. The fourth-order valence-electron chi connectivity index (χ4n) is 2.12. The van der Waals surface area contributed by atoms with E-state index in [4.69, 9.17) is 4.74 Å². The Morgan fingerprint density at radius 2 is 2.44 bits per heavy atom. The van der Waals surface area contributed by atoms with Crippen molar-refractivity contribution in [3.63, 3.8) is 0 Å². The first-order chi connectivity index (χ1) is 8.49. The lowest BCUT2D eigenvalue weighted by Crippen LogP contribution is -2.47. The molecule has 0 aromatic carbocycles. The molecule has 6 heteroatoms. The van der Waals surface area contributed by atoms with E-state index in [2.05, 4.69) is 34.8 Å². The third-order valence-corrected chi connectivity index (χ3v) is 3.22. The van der Waals surface area contributed by atoms with Gasteiger partial charge in [-0.15, -0.1) is 0 Å². The van der Waals surface area contributed by atoms with E-state index in [1.54, 1.807) is 12.3 Å². The maximum atomic E-state index is 11.4. The number of nitrogens with zero attached hydrogens (tertiary/aromatic N) is 2. The van der Waals surface area contributed by atoms with Crippen LogP contribution in [0.15, 0.2) is 16.7 Å². The van der Waals surface area contributed by atoms with E-state index in [9.17, 15) is 9.90 Å². The smallest absolute Gasteiger partial charge is 0.412 e. The molecule has 1 aliphatic heterocycles. The molecule has 1 atom stereocenters. The summed E-state index contributed by atoms with van der Waals surface area (Å²) in [6.45, 7) is 4.48. The average Bonchev–Trinajstić information content (AvgIpc) is 2.26. The number of anilines is 1. The number of aromatic nitrogens is 1. The van der Waals surface area contributed by atoms with Crippen LogP contribution in [-0.4, -0.2) is 28.8 Å². The number of carbonyl (C=O) groups is 1. The van der Waals surface area contributed by atoms with E-state index >= 15 is 0 Å². The number of fused-ring (bicyclic) bond motifs is 1. The van der Waals surface area contributed by atoms with Crippen LogP contribution >= 0.6 is 15.9 Å². The van der Waals surface area contributed by atoms with Crippen molar-refractivity contribution in [1.29, 1.82) is 0 Å². The van der Waals surface area contributed by atoms with Gasteiger partial charge in [-0.25, -0.2) is 9.78 Å². The third kappa shape index (κ3) is 2.58. The average molecular weight is 315 g/mol. The summed E-state index contributed by atoms with van der Waals surface area (Å²) in [6, 6.07) is 1.56. The van der Waals surface area contributed by atoms with Crippen LogP contribution < -0.4 is 9.64 Å². The number of halogens is 1. The highest BCUT2D eigenvalue weighted by Crippen LogP contribution is 2.35. The van der Waals surface area contributed by atoms with E-state index in [0.29, 0.717) is 24.1 Å². The van der Waals surface area contributed by atoms with E-state index in [1.165, 1.54) is 4.90 Å². The summed E-state index contributed by atoms with van der Waals surface area (Å²) < 4.78 is 6.27. The first-order valence-electron chi connectivity index (χ1n) is 5.79. The van der Waals surface area contributed by atoms with Crippen LogP contribution in [-0.2, 0) is 0 Å². The zero-order valence-corrected chi connectivity index (χ0v) is 11.8. The molecule has 5 nitrogen and oxygen atoms in total. The van der Waals surface area contributed by atoms with Gasteiger partial charge in [0, 0.05) is 10.7 Å². The van der Waals surface area contributed by atoms with Gasteiger partial charge in [0.2, 0.25) is 5.88 Å². The number of pyridine rings is 1. The van der Waals surface area contributed by atoms with Crippen LogP contribution in [0.5, 0.6) is 5.88 Å². The number of ether oxygens (including phenoxy) is 1. The molecule has 1 aromatic rings. The normalized spacial score (nSPS) is 18.4. The summed E-state index contributed by atoms with van der Waals surface area (Å²) >= 11 is 3.30. The van der Waals surface area contributed by atoms with Crippen molar-refractivity contribution in [1.82, 2.24) is 4.98 Å². The van der Waals surface area contributed by atoms with Crippen LogP contribution in [0.2, 0.25) is 0 Å². The van der Waals surface area contributed by atoms with Gasteiger partial charge in [0.15, 0.2) is 0 Å². The second-order valence-electron chi connectivity index (χ2n) is 4.72. The highest BCUT2D eigenvalue weighted by Gasteiger charge is 2.33. The molecule has 1 aromatic heterocycles. The number of hydrogen-bond acceptors (Lipinski definition) is 3. The molecule has 0 bridgehead atoms. The van der Waals surface area contributed by atoms with Crippen molar-refractivity contribution < 1.29 is 14.6 Å². The Morgan fingerprint density at radius 1 is 1.72 bits per heavy atom. The molecule has 0 aliphatic carbocycles. The molecule has 0 spiro atoms.